The second kappa shape index (κ2) is 8.19. The fourth-order valence-corrected chi connectivity index (χ4v) is 4.08. The number of ether oxygens (including phenoxy) is 1. The Hall–Kier alpha value is -1.30. The van der Waals surface area contributed by atoms with Crippen molar-refractivity contribution in [2.24, 2.45) is 0 Å². The Bertz CT molecular complexity index is 529. The maximum absolute atomic E-state index is 10.2. The molecule has 24 heavy (non-hydrogen) atoms. The van der Waals surface area contributed by atoms with Crippen LogP contribution in [0.4, 0.5) is 0 Å². The van der Waals surface area contributed by atoms with Crippen LogP contribution in [0.1, 0.15) is 44.1 Å². The minimum Gasteiger partial charge on any atom is -0.504 e. The van der Waals surface area contributed by atoms with Gasteiger partial charge in [0.05, 0.1) is 13.2 Å². The normalized spacial score (nSPS) is 26.4. The first kappa shape index (κ1) is 17.5. The largest absolute Gasteiger partial charge is 0.504 e. The van der Waals surface area contributed by atoms with Crippen LogP contribution < -0.4 is 10.1 Å². The SMILES string of the molecule is COc1cccc(CNC2CCN(C3CCCCC3O)CC2)c1O. The van der Waals surface area contributed by atoms with Crippen molar-refractivity contribution in [3.8, 4) is 11.5 Å². The summed E-state index contributed by atoms with van der Waals surface area (Å²) >= 11 is 0. The van der Waals surface area contributed by atoms with E-state index in [1.54, 1.807) is 13.2 Å². The van der Waals surface area contributed by atoms with Crippen molar-refractivity contribution in [1.29, 1.82) is 0 Å². The molecule has 1 heterocycles. The number of hydrogen-bond acceptors (Lipinski definition) is 5. The number of nitrogens with zero attached hydrogens (tertiary/aromatic N) is 1. The van der Waals surface area contributed by atoms with E-state index in [2.05, 4.69) is 10.2 Å². The number of likely N-dealkylation sites (tertiary alicyclic amines) is 1. The molecule has 0 radical (unpaired) electrons. The lowest BCUT2D eigenvalue weighted by Gasteiger charge is -2.41. The van der Waals surface area contributed by atoms with Crippen LogP contribution in [0.3, 0.4) is 0 Å². The Balaban J connectivity index is 1.47. The molecule has 134 valence electrons. The number of phenolic OH excluding ortho intramolecular Hbond substituents is 1. The molecule has 0 bridgehead atoms. The summed E-state index contributed by atoms with van der Waals surface area (Å²) in [6.45, 7) is 2.74. The quantitative estimate of drug-likeness (QED) is 0.771. The molecule has 1 saturated carbocycles. The van der Waals surface area contributed by atoms with Crippen LogP contribution in [0.15, 0.2) is 18.2 Å². The van der Waals surface area contributed by atoms with Crippen LogP contribution in [0.25, 0.3) is 0 Å². The number of rotatable bonds is 5. The van der Waals surface area contributed by atoms with Gasteiger partial charge in [-0.3, -0.25) is 4.90 Å². The van der Waals surface area contributed by atoms with Gasteiger partial charge in [0, 0.05) is 37.3 Å². The second-order valence-corrected chi connectivity index (χ2v) is 7.08. The van der Waals surface area contributed by atoms with Gasteiger partial charge in [-0.25, -0.2) is 0 Å². The topological polar surface area (TPSA) is 65.0 Å². The molecular weight excluding hydrogens is 304 g/mol. The molecule has 1 aromatic carbocycles. The number of hydrogen-bond donors (Lipinski definition) is 3. The zero-order valence-electron chi connectivity index (χ0n) is 14.6. The van der Waals surface area contributed by atoms with Gasteiger partial charge in [-0.15, -0.1) is 0 Å². The van der Waals surface area contributed by atoms with Crippen LogP contribution in [-0.2, 0) is 6.54 Å². The van der Waals surface area contributed by atoms with E-state index in [0.717, 1.165) is 44.3 Å². The molecule has 1 saturated heterocycles. The van der Waals surface area contributed by atoms with E-state index in [0.29, 0.717) is 24.4 Å². The average molecular weight is 334 g/mol. The highest BCUT2D eigenvalue weighted by atomic mass is 16.5. The predicted octanol–water partition coefficient (Wildman–Crippen LogP) is 2.26. The zero-order chi connectivity index (χ0) is 16.9. The molecule has 1 aromatic rings. The van der Waals surface area contributed by atoms with Gasteiger partial charge in [-0.05, 0) is 31.7 Å². The number of aliphatic hydroxyl groups is 1. The lowest BCUT2D eigenvalue weighted by Crippen LogP contribution is -2.51. The molecule has 1 aliphatic heterocycles. The molecule has 0 amide bonds. The number of methoxy groups -OCH3 is 1. The number of para-hydroxylation sites is 1. The standard InChI is InChI=1S/C19H30N2O3/c1-24-18-8-4-5-14(19(18)23)13-20-15-9-11-21(12-10-15)16-6-2-3-7-17(16)22/h4-5,8,15-17,20,22-23H,2-3,6-7,9-13H2,1H3. The summed E-state index contributed by atoms with van der Waals surface area (Å²) in [5, 5.41) is 23.9. The number of nitrogens with one attached hydrogen (secondary N) is 1. The Morgan fingerprint density at radius 1 is 1.17 bits per heavy atom. The number of phenols is 1. The third-order valence-electron chi connectivity index (χ3n) is 5.58. The van der Waals surface area contributed by atoms with E-state index in [1.807, 2.05) is 12.1 Å². The van der Waals surface area contributed by atoms with E-state index in [1.165, 1.54) is 12.8 Å². The predicted molar refractivity (Wildman–Crippen MR) is 94.4 cm³/mol. The molecule has 2 fully saturated rings. The van der Waals surface area contributed by atoms with E-state index < -0.39 is 0 Å². The first-order valence-electron chi connectivity index (χ1n) is 9.19. The highest BCUT2D eigenvalue weighted by molar-refractivity contribution is 5.45. The van der Waals surface area contributed by atoms with Gasteiger partial charge in [0.1, 0.15) is 0 Å². The molecule has 2 unspecified atom stereocenters. The third-order valence-corrected chi connectivity index (χ3v) is 5.58. The van der Waals surface area contributed by atoms with Crippen LogP contribution in [-0.4, -0.2) is 53.5 Å². The van der Waals surface area contributed by atoms with Gasteiger partial charge < -0.3 is 20.3 Å². The highest BCUT2D eigenvalue weighted by Crippen LogP contribution is 2.30. The first-order valence-corrected chi connectivity index (χ1v) is 9.19. The monoisotopic (exact) mass is 334 g/mol. The molecular formula is C19H30N2O3. The number of aromatic hydroxyl groups is 1. The lowest BCUT2D eigenvalue weighted by molar-refractivity contribution is 0.00713. The third kappa shape index (κ3) is 4.02. The summed E-state index contributed by atoms with van der Waals surface area (Å²) in [4.78, 5) is 2.48. The first-order chi connectivity index (χ1) is 11.7. The molecule has 0 spiro atoms. The number of aliphatic hydroxyl groups excluding tert-OH is 1. The van der Waals surface area contributed by atoms with E-state index in [-0.39, 0.29) is 11.9 Å². The summed E-state index contributed by atoms with van der Waals surface area (Å²) < 4.78 is 5.16. The van der Waals surface area contributed by atoms with Crippen molar-refractivity contribution in [3.05, 3.63) is 23.8 Å². The minimum atomic E-state index is -0.142. The molecule has 5 nitrogen and oxygen atoms in total. The van der Waals surface area contributed by atoms with Gasteiger partial charge in [0.15, 0.2) is 11.5 Å². The molecule has 2 aliphatic rings. The van der Waals surface area contributed by atoms with Crippen molar-refractivity contribution < 1.29 is 14.9 Å². The summed E-state index contributed by atoms with van der Waals surface area (Å²) in [6, 6.07) is 6.43. The molecule has 5 heteroatoms. The zero-order valence-corrected chi connectivity index (χ0v) is 14.6. The van der Waals surface area contributed by atoms with Crippen molar-refractivity contribution in [2.75, 3.05) is 20.2 Å². The smallest absolute Gasteiger partial charge is 0.162 e. The molecule has 3 N–H and O–H groups in total. The van der Waals surface area contributed by atoms with Crippen LogP contribution in [0, 0.1) is 0 Å². The Morgan fingerprint density at radius 3 is 2.62 bits per heavy atom. The van der Waals surface area contributed by atoms with Gasteiger partial charge in [0.2, 0.25) is 0 Å². The lowest BCUT2D eigenvalue weighted by atomic mass is 9.89. The van der Waals surface area contributed by atoms with E-state index in [4.69, 9.17) is 4.74 Å². The average Bonchev–Trinajstić information content (AvgIpc) is 2.62. The summed E-state index contributed by atoms with van der Waals surface area (Å²) in [5.41, 5.74) is 0.875. The van der Waals surface area contributed by atoms with E-state index in [9.17, 15) is 10.2 Å². The highest BCUT2D eigenvalue weighted by Gasteiger charge is 2.31. The second-order valence-electron chi connectivity index (χ2n) is 7.08. The van der Waals surface area contributed by atoms with Crippen molar-refractivity contribution in [2.45, 2.75) is 63.3 Å². The van der Waals surface area contributed by atoms with Crippen LogP contribution in [0.2, 0.25) is 0 Å². The van der Waals surface area contributed by atoms with Crippen molar-refractivity contribution in [3.63, 3.8) is 0 Å². The molecule has 1 aliphatic carbocycles. The number of benzene rings is 1. The van der Waals surface area contributed by atoms with Gasteiger partial charge in [-0.2, -0.15) is 0 Å². The fraction of sp³-hybridized carbons (Fsp3) is 0.684. The maximum Gasteiger partial charge on any atom is 0.162 e. The molecule has 0 aromatic heterocycles. The van der Waals surface area contributed by atoms with Crippen LogP contribution >= 0.6 is 0 Å². The summed E-state index contributed by atoms with van der Waals surface area (Å²) in [5.74, 6) is 0.755. The summed E-state index contributed by atoms with van der Waals surface area (Å²) in [7, 11) is 1.57. The minimum absolute atomic E-state index is 0.142. The Kier molecular flexibility index (Phi) is 5.98. The molecule has 2 atom stereocenters. The van der Waals surface area contributed by atoms with Gasteiger partial charge in [0.25, 0.3) is 0 Å². The van der Waals surface area contributed by atoms with Gasteiger partial charge in [-0.1, -0.05) is 25.0 Å². The number of piperidine rings is 1. The fourth-order valence-electron chi connectivity index (χ4n) is 4.08. The Labute approximate surface area is 144 Å². The molecule has 3 rings (SSSR count). The van der Waals surface area contributed by atoms with Crippen molar-refractivity contribution in [1.82, 2.24) is 10.2 Å². The Morgan fingerprint density at radius 2 is 1.92 bits per heavy atom. The van der Waals surface area contributed by atoms with Crippen molar-refractivity contribution >= 4 is 0 Å². The maximum atomic E-state index is 10.2. The summed E-state index contributed by atoms with van der Waals surface area (Å²) in [6.07, 6.45) is 6.54. The van der Waals surface area contributed by atoms with E-state index >= 15 is 0 Å². The van der Waals surface area contributed by atoms with Gasteiger partial charge >= 0.3 is 0 Å². The van der Waals surface area contributed by atoms with Crippen LogP contribution in [0.5, 0.6) is 11.5 Å².